The second-order valence-electron chi connectivity index (χ2n) is 15.0. The van der Waals surface area contributed by atoms with Crippen LogP contribution in [-0.4, -0.2) is 11.1 Å². The van der Waals surface area contributed by atoms with Crippen molar-refractivity contribution in [2.75, 3.05) is 4.90 Å². The molecule has 0 aliphatic heterocycles. The molecule has 0 amide bonds. The fourth-order valence-electron chi connectivity index (χ4n) is 8.58. The van der Waals surface area contributed by atoms with Crippen LogP contribution >= 0.6 is 11.3 Å². The summed E-state index contributed by atoms with van der Waals surface area (Å²) in [4.78, 5) is 15.9. The van der Waals surface area contributed by atoms with Crippen LogP contribution in [0.1, 0.15) is 54.8 Å². The highest BCUT2D eigenvalue weighted by Crippen LogP contribution is 2.53. The number of anilines is 3. The Labute approximate surface area is 313 Å². The number of carbonyl (C=O) groups is 1. The predicted octanol–water partition coefficient (Wildman–Crippen LogP) is 12.6. The molecule has 0 atom stereocenters. The number of carboxylic acids is 1. The lowest BCUT2D eigenvalue weighted by atomic mass is 9.82. The molecular formula is C48H36N2O2S. The summed E-state index contributed by atoms with van der Waals surface area (Å²) in [5, 5.41) is 21.0. The second kappa shape index (κ2) is 11.9. The zero-order valence-electron chi connectivity index (χ0n) is 29.9. The Kier molecular flexibility index (Phi) is 7.34. The molecule has 53 heavy (non-hydrogen) atoms. The summed E-state index contributed by atoms with van der Waals surface area (Å²) in [5.74, 6) is -1.23. The van der Waals surface area contributed by atoms with Gasteiger partial charge in [-0.25, -0.2) is 4.79 Å². The average Bonchev–Trinajstić information content (AvgIpc) is 3.74. The first kappa shape index (κ1) is 32.7. The summed E-state index contributed by atoms with van der Waals surface area (Å²) in [6.07, 6.45) is 1.48. The summed E-state index contributed by atoms with van der Waals surface area (Å²) in [5.41, 5.74) is 14.2. The Morgan fingerprint density at radius 2 is 1.09 bits per heavy atom. The summed E-state index contributed by atoms with van der Waals surface area (Å²) < 4.78 is 0. The molecule has 2 aliphatic carbocycles. The van der Waals surface area contributed by atoms with E-state index < -0.39 is 5.97 Å². The molecule has 7 aromatic rings. The smallest absolute Gasteiger partial charge is 0.346 e. The van der Waals surface area contributed by atoms with E-state index in [9.17, 15) is 15.2 Å². The highest BCUT2D eigenvalue weighted by Gasteiger charge is 2.37. The van der Waals surface area contributed by atoms with Crippen molar-refractivity contribution in [1.82, 2.24) is 0 Å². The van der Waals surface area contributed by atoms with Gasteiger partial charge in [0.05, 0.1) is 0 Å². The van der Waals surface area contributed by atoms with Crippen LogP contribution in [0, 0.1) is 11.3 Å². The first-order valence-corrected chi connectivity index (χ1v) is 18.7. The number of fused-ring (bicyclic) bond motifs is 7. The standard InChI is InChI=1S/C48H36N2O2S/c1-47(2)40-15-9-7-11-34(40)36-23-21-32(26-42(36)47)50(33-22-24-37-35-12-8-10-16-41(35)48(3,4)43(37)27-33)31-19-17-29(18-20-31)45-39-14-6-5-13-38(39)44(53-45)25-30(28-49)46(51)52/h5-27H,1-4H3,(H,51,52)/b30-25+. The number of rotatable bonds is 6. The van der Waals surface area contributed by atoms with E-state index in [2.05, 4.69) is 148 Å². The van der Waals surface area contributed by atoms with Gasteiger partial charge in [0.2, 0.25) is 0 Å². The normalized spacial score (nSPS) is 14.6. The van der Waals surface area contributed by atoms with E-state index in [1.54, 1.807) is 0 Å². The van der Waals surface area contributed by atoms with Gasteiger partial charge >= 0.3 is 5.97 Å². The molecule has 0 fully saturated rings. The number of hydrogen-bond donors (Lipinski definition) is 1. The van der Waals surface area contributed by atoms with E-state index in [4.69, 9.17) is 0 Å². The number of nitriles is 1. The number of nitrogens with zero attached hydrogens (tertiary/aromatic N) is 2. The van der Waals surface area contributed by atoms with Crippen molar-refractivity contribution in [3.63, 3.8) is 0 Å². The number of benzene rings is 6. The van der Waals surface area contributed by atoms with E-state index in [1.807, 2.05) is 24.3 Å². The molecule has 0 unspecified atom stereocenters. The Hall–Kier alpha value is -6.22. The monoisotopic (exact) mass is 704 g/mol. The van der Waals surface area contributed by atoms with Gasteiger partial charge in [-0.3, -0.25) is 0 Å². The molecule has 4 nitrogen and oxygen atoms in total. The van der Waals surface area contributed by atoms with Crippen LogP contribution in [0.15, 0.2) is 139 Å². The lowest BCUT2D eigenvalue weighted by Gasteiger charge is -2.30. The largest absolute Gasteiger partial charge is 0.477 e. The van der Waals surface area contributed by atoms with Gasteiger partial charge in [0.25, 0.3) is 0 Å². The number of carboxylic acid groups (broad SMARTS) is 1. The Morgan fingerprint density at radius 3 is 1.62 bits per heavy atom. The SMILES string of the molecule is CC1(C)c2ccccc2-c2ccc(N(c3ccc(-c4sc(/C=C(\C#N)C(=O)O)c5ccccc45)cc3)c3ccc4c(c3)C(C)(C)c3ccccc3-4)cc21. The number of thiophene rings is 1. The van der Waals surface area contributed by atoms with Crippen molar-refractivity contribution < 1.29 is 9.90 Å². The summed E-state index contributed by atoms with van der Waals surface area (Å²) >= 11 is 1.50. The predicted molar refractivity (Wildman–Crippen MR) is 218 cm³/mol. The van der Waals surface area contributed by atoms with E-state index in [0.717, 1.165) is 43.2 Å². The fraction of sp³-hybridized carbons (Fsp3) is 0.125. The third-order valence-corrected chi connectivity index (χ3v) is 12.5. The molecule has 0 radical (unpaired) electrons. The highest BCUT2D eigenvalue weighted by atomic mass is 32.1. The Morgan fingerprint density at radius 1 is 0.623 bits per heavy atom. The third kappa shape index (κ3) is 4.98. The quantitative estimate of drug-likeness (QED) is 0.138. The Balaban J connectivity index is 1.19. The van der Waals surface area contributed by atoms with E-state index >= 15 is 0 Å². The maximum absolute atomic E-state index is 11.7. The first-order chi connectivity index (χ1) is 25.6. The zero-order chi connectivity index (χ0) is 36.6. The van der Waals surface area contributed by atoms with Crippen molar-refractivity contribution in [2.24, 2.45) is 0 Å². The van der Waals surface area contributed by atoms with Crippen molar-refractivity contribution in [3.8, 4) is 38.8 Å². The minimum Gasteiger partial charge on any atom is -0.477 e. The van der Waals surface area contributed by atoms with Gasteiger partial charge in [0, 0.05) is 48.4 Å². The minimum absolute atomic E-state index is 0.141. The third-order valence-electron chi connectivity index (χ3n) is 11.3. The van der Waals surface area contributed by atoms with E-state index in [1.165, 1.54) is 61.9 Å². The molecule has 0 bridgehead atoms. The summed E-state index contributed by atoms with van der Waals surface area (Å²) in [7, 11) is 0. The van der Waals surface area contributed by atoms with Gasteiger partial charge in [-0.15, -0.1) is 11.3 Å². The van der Waals surface area contributed by atoms with Crippen molar-refractivity contribution in [1.29, 1.82) is 5.26 Å². The van der Waals surface area contributed by atoms with Gasteiger partial charge in [-0.1, -0.05) is 125 Å². The maximum Gasteiger partial charge on any atom is 0.346 e. The van der Waals surface area contributed by atoms with Crippen LogP contribution in [0.5, 0.6) is 0 Å². The molecule has 6 aromatic carbocycles. The molecule has 0 saturated heterocycles. The molecule has 1 N–H and O–H groups in total. The molecule has 1 aromatic heterocycles. The molecule has 2 aliphatic rings. The zero-order valence-corrected chi connectivity index (χ0v) is 30.8. The summed E-state index contributed by atoms with van der Waals surface area (Å²) in [6.45, 7) is 9.28. The van der Waals surface area contributed by atoms with Gasteiger partial charge < -0.3 is 10.0 Å². The molecule has 0 saturated carbocycles. The van der Waals surface area contributed by atoms with E-state index in [0.29, 0.717) is 0 Å². The topological polar surface area (TPSA) is 64.3 Å². The maximum atomic E-state index is 11.7. The van der Waals surface area contributed by atoms with Crippen molar-refractivity contribution >= 4 is 51.2 Å². The van der Waals surface area contributed by atoms with Gasteiger partial charge in [-0.05, 0) is 92.5 Å². The van der Waals surface area contributed by atoms with E-state index in [-0.39, 0.29) is 16.4 Å². The molecule has 9 rings (SSSR count). The lowest BCUT2D eigenvalue weighted by Crippen LogP contribution is -2.18. The number of hydrogen-bond acceptors (Lipinski definition) is 4. The summed E-state index contributed by atoms with van der Waals surface area (Å²) in [6, 6.07) is 49.8. The average molecular weight is 705 g/mol. The van der Waals surface area contributed by atoms with Crippen LogP contribution < -0.4 is 4.90 Å². The lowest BCUT2D eigenvalue weighted by molar-refractivity contribution is -0.132. The Bertz CT molecular complexity index is 2620. The van der Waals surface area contributed by atoms with Crippen molar-refractivity contribution in [3.05, 3.63) is 166 Å². The van der Waals surface area contributed by atoms with Crippen LogP contribution in [0.25, 0.3) is 49.5 Å². The van der Waals surface area contributed by atoms with Crippen LogP contribution in [0.2, 0.25) is 0 Å². The van der Waals surface area contributed by atoms with Crippen LogP contribution in [-0.2, 0) is 15.6 Å². The fourth-order valence-corrected chi connectivity index (χ4v) is 9.81. The van der Waals surface area contributed by atoms with Crippen LogP contribution in [0.4, 0.5) is 17.1 Å². The molecule has 256 valence electrons. The van der Waals surface area contributed by atoms with Crippen molar-refractivity contribution in [2.45, 2.75) is 38.5 Å². The van der Waals surface area contributed by atoms with Gasteiger partial charge in [0.15, 0.2) is 0 Å². The highest BCUT2D eigenvalue weighted by molar-refractivity contribution is 7.18. The molecule has 1 heterocycles. The first-order valence-electron chi connectivity index (χ1n) is 17.8. The number of aliphatic carboxylic acids is 1. The molecule has 5 heteroatoms. The molecule has 0 spiro atoms. The van der Waals surface area contributed by atoms with Gasteiger partial charge in [-0.2, -0.15) is 5.26 Å². The second-order valence-corrected chi connectivity index (χ2v) is 16.1. The molecular weight excluding hydrogens is 669 g/mol. The van der Waals surface area contributed by atoms with Gasteiger partial charge in [0.1, 0.15) is 11.6 Å². The minimum atomic E-state index is -1.23. The van der Waals surface area contributed by atoms with Crippen LogP contribution in [0.3, 0.4) is 0 Å².